The molecule has 0 saturated carbocycles. The largest absolute Gasteiger partial charge is 0.358 e. The zero-order valence-electron chi connectivity index (χ0n) is 11.3. The molecule has 2 nitrogen and oxygen atoms in total. The molecule has 0 bridgehead atoms. The Bertz CT molecular complexity index is 696. The third kappa shape index (κ3) is 2.15. The molecule has 0 atom stereocenters. The lowest BCUT2D eigenvalue weighted by Gasteiger charge is -2.04. The summed E-state index contributed by atoms with van der Waals surface area (Å²) >= 11 is 0. The molecule has 2 N–H and O–H groups in total. The van der Waals surface area contributed by atoms with Gasteiger partial charge in [-0.1, -0.05) is 36.4 Å². The first kappa shape index (κ1) is 12.0. The topological polar surface area (TPSA) is 27.8 Å². The third-order valence-electron chi connectivity index (χ3n) is 3.58. The molecule has 0 aliphatic carbocycles. The van der Waals surface area contributed by atoms with Crippen molar-refractivity contribution in [3.63, 3.8) is 0 Å². The molecule has 0 radical (unpaired) electrons. The van der Waals surface area contributed by atoms with Gasteiger partial charge in [0.05, 0.1) is 0 Å². The first-order valence-corrected chi connectivity index (χ1v) is 6.61. The van der Waals surface area contributed by atoms with E-state index in [9.17, 15) is 0 Å². The molecule has 2 aromatic carbocycles. The van der Waals surface area contributed by atoms with E-state index >= 15 is 0 Å². The second kappa shape index (κ2) is 4.90. The number of rotatable bonds is 3. The lowest BCUT2D eigenvalue weighted by molar-refractivity contribution is 0.817. The Morgan fingerprint density at radius 1 is 1.00 bits per heavy atom. The SMILES string of the molecule is CNCc1c(C)[nH]c2ccc(-c3ccccc3)cc12. The Hall–Kier alpha value is -2.06. The summed E-state index contributed by atoms with van der Waals surface area (Å²) in [5.41, 5.74) is 6.34. The highest BCUT2D eigenvalue weighted by atomic mass is 14.8. The van der Waals surface area contributed by atoms with Crippen molar-refractivity contribution in [3.8, 4) is 11.1 Å². The zero-order valence-corrected chi connectivity index (χ0v) is 11.3. The molecule has 3 rings (SSSR count). The van der Waals surface area contributed by atoms with E-state index in [-0.39, 0.29) is 0 Å². The van der Waals surface area contributed by atoms with Crippen LogP contribution in [0.15, 0.2) is 48.5 Å². The Balaban J connectivity index is 2.17. The fraction of sp³-hybridized carbons (Fsp3) is 0.176. The number of benzene rings is 2. The number of hydrogen-bond donors (Lipinski definition) is 2. The summed E-state index contributed by atoms with van der Waals surface area (Å²) in [6, 6.07) is 17.1. The monoisotopic (exact) mass is 250 g/mol. The van der Waals surface area contributed by atoms with Gasteiger partial charge >= 0.3 is 0 Å². The summed E-state index contributed by atoms with van der Waals surface area (Å²) in [4.78, 5) is 3.45. The van der Waals surface area contributed by atoms with Crippen molar-refractivity contribution in [2.45, 2.75) is 13.5 Å². The van der Waals surface area contributed by atoms with Gasteiger partial charge in [0.1, 0.15) is 0 Å². The highest BCUT2D eigenvalue weighted by Gasteiger charge is 2.08. The first-order chi connectivity index (χ1) is 9.29. The number of H-pyrrole nitrogens is 1. The number of aromatic nitrogens is 1. The van der Waals surface area contributed by atoms with Crippen LogP contribution in [-0.2, 0) is 6.54 Å². The molecule has 19 heavy (non-hydrogen) atoms. The maximum Gasteiger partial charge on any atom is 0.0459 e. The number of aryl methyl sites for hydroxylation is 1. The van der Waals surface area contributed by atoms with Crippen LogP contribution >= 0.6 is 0 Å². The Morgan fingerprint density at radius 3 is 2.53 bits per heavy atom. The molecule has 2 heteroatoms. The minimum absolute atomic E-state index is 0.893. The molecule has 1 aromatic heterocycles. The lowest BCUT2D eigenvalue weighted by Crippen LogP contribution is -2.05. The highest BCUT2D eigenvalue weighted by Crippen LogP contribution is 2.28. The second-order valence-electron chi connectivity index (χ2n) is 4.89. The van der Waals surface area contributed by atoms with Crippen molar-refractivity contribution in [1.82, 2.24) is 10.3 Å². The average Bonchev–Trinajstić information content (AvgIpc) is 2.76. The van der Waals surface area contributed by atoms with Gasteiger partial charge in [-0.15, -0.1) is 0 Å². The van der Waals surface area contributed by atoms with E-state index in [4.69, 9.17) is 0 Å². The van der Waals surface area contributed by atoms with Gasteiger partial charge in [0.2, 0.25) is 0 Å². The van der Waals surface area contributed by atoms with E-state index in [1.54, 1.807) is 0 Å². The second-order valence-corrected chi connectivity index (χ2v) is 4.89. The van der Waals surface area contributed by atoms with Crippen molar-refractivity contribution in [3.05, 3.63) is 59.8 Å². The molecular formula is C17H18N2. The number of fused-ring (bicyclic) bond motifs is 1. The Morgan fingerprint density at radius 2 is 1.79 bits per heavy atom. The van der Waals surface area contributed by atoms with E-state index in [1.807, 2.05) is 7.05 Å². The summed E-state index contributed by atoms with van der Waals surface area (Å²) in [5.74, 6) is 0. The smallest absolute Gasteiger partial charge is 0.0459 e. The van der Waals surface area contributed by atoms with Gasteiger partial charge < -0.3 is 10.3 Å². The first-order valence-electron chi connectivity index (χ1n) is 6.61. The van der Waals surface area contributed by atoms with Crippen LogP contribution in [0.1, 0.15) is 11.3 Å². The summed E-state index contributed by atoms with van der Waals surface area (Å²) in [5, 5.41) is 4.56. The Kier molecular flexibility index (Phi) is 3.10. The molecule has 1 heterocycles. The minimum Gasteiger partial charge on any atom is -0.358 e. The summed E-state index contributed by atoms with van der Waals surface area (Å²) in [7, 11) is 1.99. The van der Waals surface area contributed by atoms with Gasteiger partial charge in [-0.3, -0.25) is 0 Å². The molecular weight excluding hydrogens is 232 g/mol. The van der Waals surface area contributed by atoms with Crippen LogP contribution in [0.2, 0.25) is 0 Å². The number of hydrogen-bond acceptors (Lipinski definition) is 1. The van der Waals surface area contributed by atoms with E-state index in [1.165, 1.54) is 33.3 Å². The summed E-state index contributed by atoms with van der Waals surface area (Å²) in [6.45, 7) is 3.03. The van der Waals surface area contributed by atoms with Crippen LogP contribution in [-0.4, -0.2) is 12.0 Å². The molecule has 0 unspecified atom stereocenters. The van der Waals surface area contributed by atoms with Crippen molar-refractivity contribution in [1.29, 1.82) is 0 Å². The predicted molar refractivity (Wildman–Crippen MR) is 81.2 cm³/mol. The van der Waals surface area contributed by atoms with Gasteiger partial charge in [0, 0.05) is 23.1 Å². The maximum atomic E-state index is 3.45. The van der Waals surface area contributed by atoms with E-state index in [2.05, 4.69) is 65.8 Å². The maximum absolute atomic E-state index is 3.45. The van der Waals surface area contributed by atoms with E-state index in [0.29, 0.717) is 0 Å². The highest BCUT2D eigenvalue weighted by molar-refractivity contribution is 5.89. The molecule has 0 fully saturated rings. The van der Waals surface area contributed by atoms with Crippen molar-refractivity contribution >= 4 is 10.9 Å². The number of aromatic amines is 1. The van der Waals surface area contributed by atoms with Crippen molar-refractivity contribution < 1.29 is 0 Å². The summed E-state index contributed by atoms with van der Waals surface area (Å²) in [6.07, 6.45) is 0. The molecule has 96 valence electrons. The van der Waals surface area contributed by atoms with Gasteiger partial charge in [-0.05, 0) is 42.8 Å². The standard InChI is InChI=1S/C17H18N2/c1-12-16(11-18-2)15-10-14(8-9-17(15)19-12)13-6-4-3-5-7-13/h3-10,18-19H,11H2,1-2H3. The predicted octanol–water partition coefficient (Wildman–Crippen LogP) is 3.86. The van der Waals surface area contributed by atoms with Crippen LogP contribution in [0, 0.1) is 6.92 Å². The molecule has 0 amide bonds. The third-order valence-corrected chi connectivity index (χ3v) is 3.58. The van der Waals surface area contributed by atoms with Crippen LogP contribution in [0.4, 0.5) is 0 Å². The van der Waals surface area contributed by atoms with Crippen LogP contribution in [0.5, 0.6) is 0 Å². The van der Waals surface area contributed by atoms with Gasteiger partial charge in [-0.25, -0.2) is 0 Å². The van der Waals surface area contributed by atoms with E-state index < -0.39 is 0 Å². The Labute approximate surface area is 113 Å². The van der Waals surface area contributed by atoms with Crippen LogP contribution in [0.25, 0.3) is 22.0 Å². The van der Waals surface area contributed by atoms with Crippen LogP contribution < -0.4 is 5.32 Å². The quantitative estimate of drug-likeness (QED) is 0.725. The molecule has 0 aliphatic heterocycles. The van der Waals surface area contributed by atoms with Crippen LogP contribution in [0.3, 0.4) is 0 Å². The van der Waals surface area contributed by atoms with E-state index in [0.717, 1.165) is 6.54 Å². The fourth-order valence-corrected chi connectivity index (χ4v) is 2.60. The molecule has 0 aliphatic rings. The molecule has 0 saturated heterocycles. The number of nitrogens with one attached hydrogen (secondary N) is 2. The van der Waals surface area contributed by atoms with Gasteiger partial charge in [0.15, 0.2) is 0 Å². The zero-order chi connectivity index (χ0) is 13.2. The van der Waals surface area contributed by atoms with Crippen molar-refractivity contribution in [2.24, 2.45) is 0 Å². The normalized spacial score (nSPS) is 11.1. The fourth-order valence-electron chi connectivity index (χ4n) is 2.60. The molecule has 0 spiro atoms. The lowest BCUT2D eigenvalue weighted by atomic mass is 10.0. The summed E-state index contributed by atoms with van der Waals surface area (Å²) < 4.78 is 0. The average molecular weight is 250 g/mol. The minimum atomic E-state index is 0.893. The van der Waals surface area contributed by atoms with Gasteiger partial charge in [0.25, 0.3) is 0 Å². The van der Waals surface area contributed by atoms with Gasteiger partial charge in [-0.2, -0.15) is 0 Å². The van der Waals surface area contributed by atoms with Crippen molar-refractivity contribution in [2.75, 3.05) is 7.05 Å². The molecule has 3 aromatic rings.